The van der Waals surface area contributed by atoms with Gasteiger partial charge in [-0.25, -0.2) is 33.9 Å². The molecule has 57 heavy (non-hydrogen) atoms. The van der Waals surface area contributed by atoms with Crippen LogP contribution >= 0.6 is 8.87 Å². The van der Waals surface area contributed by atoms with Gasteiger partial charge in [0.05, 0.1) is 0 Å². The number of aromatic nitrogens is 8. The normalized spacial score (nSPS) is 14.8. The van der Waals surface area contributed by atoms with Crippen LogP contribution in [0.15, 0.2) is 97.1 Å². The maximum Gasteiger partial charge on any atom is 0.470 e. The molecule has 0 saturated carbocycles. The van der Waals surface area contributed by atoms with Gasteiger partial charge < -0.3 is 4.98 Å². The Hall–Kier alpha value is -6.25. The molecule has 2 aliphatic rings. The van der Waals surface area contributed by atoms with Gasteiger partial charge in [-0.3, -0.25) is 0 Å². The lowest BCUT2D eigenvalue weighted by atomic mass is 10.1. The second kappa shape index (κ2) is 11.0. The average molecular weight is 823 g/mol. The molecule has 0 aliphatic carbocycles. The number of benzene rings is 4. The summed E-state index contributed by atoms with van der Waals surface area (Å²) in [4.78, 5) is 28.0. The zero-order valence-electron chi connectivity index (χ0n) is 27.9. The lowest BCUT2D eigenvalue weighted by Crippen LogP contribution is -2.70. The Morgan fingerprint density at radius 3 is 1.05 bits per heavy atom. The standard InChI is InChI=1S/C36H18F12N8S/c37-33(38)57(48,34(39,40)41,35(42,43)44,36(45,46)47)56-31-23-15-7-8-16-24(23)32(56)55-30-22-14-6-4-12-20(22)28(53-30)51-26-18-10-2-1-9-17(18)25(49-26)50-27-19-11-3-5-13-21(19)29(52-27)54-31/h1-16,33H,(H,49,50,51,52,53,54,55). The number of rotatable bonds is 2. The van der Waals surface area contributed by atoms with Crippen molar-refractivity contribution in [2.45, 2.75) is 22.3 Å². The summed E-state index contributed by atoms with van der Waals surface area (Å²) in [5.41, 5.74) is -29.9. The summed E-state index contributed by atoms with van der Waals surface area (Å²) in [7, 11) is -12.9. The van der Waals surface area contributed by atoms with Crippen molar-refractivity contribution in [2.24, 2.45) is 0 Å². The topological polar surface area (TPSA) is 98.1 Å². The molecule has 8 bridgehead atoms. The van der Waals surface area contributed by atoms with Crippen molar-refractivity contribution >= 4 is 53.0 Å². The lowest BCUT2D eigenvalue weighted by Gasteiger charge is -2.69. The van der Waals surface area contributed by atoms with E-state index in [4.69, 9.17) is 0 Å². The van der Waals surface area contributed by atoms with Crippen LogP contribution in [0.5, 0.6) is 0 Å². The third-order valence-corrected chi connectivity index (χ3v) is 15.5. The van der Waals surface area contributed by atoms with Crippen LogP contribution in [0.2, 0.25) is 0 Å². The smallest absolute Gasteiger partial charge is 0.324 e. The first-order valence-electron chi connectivity index (χ1n) is 16.3. The Balaban J connectivity index is 1.68. The molecule has 8 nitrogen and oxygen atoms in total. The molecule has 21 heteroatoms. The average Bonchev–Trinajstić information content (AvgIpc) is 3.88. The monoisotopic (exact) mass is 822 g/mol. The Kier molecular flexibility index (Phi) is 7.01. The quantitative estimate of drug-likeness (QED) is 0.174. The van der Waals surface area contributed by atoms with Gasteiger partial charge >= 0.3 is 22.3 Å². The molecule has 2 aliphatic heterocycles. The largest absolute Gasteiger partial charge is 0.470 e. The summed E-state index contributed by atoms with van der Waals surface area (Å²) in [5.74, 6) is -9.26. The number of nitrogens with zero attached hydrogens (tertiary/aromatic N) is 7. The number of alkyl halides is 11. The SMILES string of the molecule is FC(F)S(F)(n1c2nc3nc(nc4[nH]c(nc5nc(nc1c1ccccc12)-c1ccccc1-5)c1ccccc41)-c1ccccc1-3)(C(F)(F)F)(C(F)(F)F)C(F)(F)F. The number of hydrogen-bond donors (Lipinski definition) is 1. The molecule has 0 radical (unpaired) electrons. The van der Waals surface area contributed by atoms with Crippen LogP contribution in [0.1, 0.15) is 0 Å². The molecule has 0 atom stereocenters. The minimum Gasteiger partial charge on any atom is -0.324 e. The number of hydrogen-bond acceptors (Lipinski definition) is 6. The van der Waals surface area contributed by atoms with E-state index in [2.05, 4.69) is 34.9 Å². The number of H-pyrrole nitrogens is 1. The maximum atomic E-state index is 18.1. The molecule has 9 rings (SSSR count). The first kappa shape index (κ1) is 36.4. The van der Waals surface area contributed by atoms with Gasteiger partial charge in [0.1, 0.15) is 11.3 Å². The van der Waals surface area contributed by atoms with E-state index in [-0.39, 0.29) is 45.2 Å². The molecule has 3 aromatic heterocycles. The van der Waals surface area contributed by atoms with Crippen LogP contribution < -0.4 is 0 Å². The van der Waals surface area contributed by atoms with Gasteiger partial charge in [0.15, 0.2) is 43.5 Å². The van der Waals surface area contributed by atoms with Gasteiger partial charge in [0, 0.05) is 43.8 Å². The van der Waals surface area contributed by atoms with Gasteiger partial charge in [0.2, 0.25) is 0 Å². The van der Waals surface area contributed by atoms with E-state index in [1.165, 1.54) is 48.5 Å². The third kappa shape index (κ3) is 3.89. The van der Waals surface area contributed by atoms with Gasteiger partial charge in [0.25, 0.3) is 0 Å². The molecule has 5 heterocycles. The summed E-state index contributed by atoms with van der Waals surface area (Å²) < 4.78 is 187. The summed E-state index contributed by atoms with van der Waals surface area (Å²) in [6.45, 7) is 0. The zero-order valence-corrected chi connectivity index (χ0v) is 28.7. The van der Waals surface area contributed by atoms with Crippen LogP contribution in [0.4, 0.5) is 52.2 Å². The highest BCUT2D eigenvalue weighted by Gasteiger charge is 3.10. The number of halogens is 12. The fraction of sp³-hybridized carbons (Fsp3) is 0.111. The molecular formula is C36H18F12N8S. The van der Waals surface area contributed by atoms with Crippen LogP contribution in [0.25, 0.3) is 89.7 Å². The highest BCUT2D eigenvalue weighted by atomic mass is 32.4. The molecule has 7 aromatic rings. The summed E-state index contributed by atoms with van der Waals surface area (Å²) >= 11 is 0. The van der Waals surface area contributed by atoms with Gasteiger partial charge in [-0.15, -0.1) is 0 Å². The van der Waals surface area contributed by atoms with Crippen LogP contribution in [-0.4, -0.2) is 61.1 Å². The van der Waals surface area contributed by atoms with E-state index in [1.54, 1.807) is 24.3 Å². The summed E-state index contributed by atoms with van der Waals surface area (Å²) in [6.07, 6.45) is 0. The van der Waals surface area contributed by atoms with E-state index in [1.807, 2.05) is 0 Å². The first-order chi connectivity index (χ1) is 26.8. The first-order valence-corrected chi connectivity index (χ1v) is 18.6. The number of fused-ring (bicyclic) bond motifs is 20. The molecule has 0 amide bonds. The van der Waals surface area contributed by atoms with Crippen molar-refractivity contribution in [2.75, 3.05) is 0 Å². The Morgan fingerprint density at radius 1 is 0.439 bits per heavy atom. The minimum atomic E-state index is -12.9. The minimum absolute atomic E-state index is 0.0284. The Labute approximate surface area is 308 Å². The molecular weight excluding hydrogens is 804 g/mol. The fourth-order valence-corrected chi connectivity index (χ4v) is 10.5. The molecule has 292 valence electrons. The van der Waals surface area contributed by atoms with Crippen molar-refractivity contribution in [3.05, 3.63) is 97.1 Å². The molecule has 0 fully saturated rings. The zero-order chi connectivity index (χ0) is 40.6. The molecule has 0 spiro atoms. The van der Waals surface area contributed by atoms with Gasteiger partial charge in [-0.05, 0) is 0 Å². The fourth-order valence-electron chi connectivity index (χ4n) is 7.18. The highest BCUT2D eigenvalue weighted by Crippen LogP contribution is 3.13. The molecule has 1 N–H and O–H groups in total. The van der Waals surface area contributed by atoms with E-state index in [9.17, 15) is 0 Å². The Morgan fingerprint density at radius 2 is 0.737 bits per heavy atom. The van der Waals surface area contributed by atoms with Crippen molar-refractivity contribution in [3.8, 4) is 45.6 Å². The second-order valence-electron chi connectivity index (χ2n) is 12.9. The number of aromatic amines is 1. The van der Waals surface area contributed by atoms with Crippen molar-refractivity contribution < 1.29 is 52.2 Å². The molecule has 0 saturated heterocycles. The maximum absolute atomic E-state index is 18.1. The van der Waals surface area contributed by atoms with Crippen LogP contribution in [0.3, 0.4) is 0 Å². The van der Waals surface area contributed by atoms with Crippen molar-refractivity contribution in [1.82, 2.24) is 38.9 Å². The molecule has 0 unspecified atom stereocenters. The second-order valence-corrected chi connectivity index (χ2v) is 17.9. The van der Waals surface area contributed by atoms with Gasteiger partial charge in [-0.1, -0.05) is 97.1 Å². The van der Waals surface area contributed by atoms with E-state index >= 15 is 52.2 Å². The van der Waals surface area contributed by atoms with E-state index in [0.717, 1.165) is 12.1 Å². The predicted octanol–water partition coefficient (Wildman–Crippen LogP) is 11.6. The summed E-state index contributed by atoms with van der Waals surface area (Å²) in [5, 5.41) is -1.20. The lowest BCUT2D eigenvalue weighted by molar-refractivity contribution is -0.157. The Bertz CT molecular complexity index is 2860. The molecule has 4 aromatic carbocycles. The highest BCUT2D eigenvalue weighted by molar-refractivity contribution is 8.62. The van der Waals surface area contributed by atoms with Crippen LogP contribution in [-0.2, 0) is 0 Å². The van der Waals surface area contributed by atoms with Crippen molar-refractivity contribution in [3.63, 3.8) is 0 Å². The van der Waals surface area contributed by atoms with E-state index < -0.39 is 68.8 Å². The number of nitrogens with one attached hydrogen (secondary N) is 1. The van der Waals surface area contributed by atoms with Crippen LogP contribution in [0, 0.1) is 0 Å². The predicted molar refractivity (Wildman–Crippen MR) is 188 cm³/mol. The van der Waals surface area contributed by atoms with Crippen molar-refractivity contribution in [1.29, 1.82) is 0 Å². The van der Waals surface area contributed by atoms with Gasteiger partial charge in [-0.2, -0.15) is 52.2 Å². The third-order valence-electron chi connectivity index (χ3n) is 10.1. The summed E-state index contributed by atoms with van der Waals surface area (Å²) in [6, 6.07) is 20.6. The van der Waals surface area contributed by atoms with E-state index in [0.29, 0.717) is 22.9 Å².